The second-order valence-electron chi connectivity index (χ2n) is 5.87. The summed E-state index contributed by atoms with van der Waals surface area (Å²) in [5.41, 5.74) is 0.831. The van der Waals surface area contributed by atoms with Crippen LogP contribution in [0.3, 0.4) is 0 Å². The largest absolute Gasteiger partial charge is 0.459 e. The Morgan fingerprint density at radius 1 is 1.25 bits per heavy atom. The first kappa shape index (κ1) is 15.0. The van der Waals surface area contributed by atoms with Crippen molar-refractivity contribution in [2.75, 3.05) is 6.54 Å². The molecular weight excluding hydrogens is 313 g/mol. The van der Waals surface area contributed by atoms with E-state index < -0.39 is 6.10 Å². The zero-order valence-electron chi connectivity index (χ0n) is 12.8. The molecule has 1 aliphatic heterocycles. The SMILES string of the molecule is O[C@H]1C[C@@H](c2cccc(F)c2)N(Cc2nnc(-c3ccco3)o2)C1. The van der Waals surface area contributed by atoms with Crippen LogP contribution in [0, 0.1) is 5.82 Å². The molecule has 0 amide bonds. The molecule has 7 heteroatoms. The van der Waals surface area contributed by atoms with Gasteiger partial charge in [-0.05, 0) is 36.2 Å². The maximum atomic E-state index is 13.5. The molecule has 1 saturated heterocycles. The van der Waals surface area contributed by atoms with Gasteiger partial charge in [0, 0.05) is 12.6 Å². The van der Waals surface area contributed by atoms with Crippen molar-refractivity contribution < 1.29 is 18.3 Å². The Morgan fingerprint density at radius 3 is 2.96 bits per heavy atom. The van der Waals surface area contributed by atoms with Gasteiger partial charge in [-0.25, -0.2) is 4.39 Å². The van der Waals surface area contributed by atoms with Crippen LogP contribution in [-0.4, -0.2) is 32.9 Å². The zero-order valence-corrected chi connectivity index (χ0v) is 12.8. The smallest absolute Gasteiger partial charge is 0.283 e. The summed E-state index contributed by atoms with van der Waals surface area (Å²) >= 11 is 0. The lowest BCUT2D eigenvalue weighted by Crippen LogP contribution is -2.24. The molecule has 3 aromatic rings. The van der Waals surface area contributed by atoms with E-state index in [2.05, 4.69) is 10.2 Å². The third-order valence-corrected chi connectivity index (χ3v) is 4.15. The van der Waals surface area contributed by atoms with Gasteiger partial charge in [0.1, 0.15) is 5.82 Å². The minimum atomic E-state index is -0.467. The van der Waals surface area contributed by atoms with Crippen LogP contribution in [0.5, 0.6) is 0 Å². The summed E-state index contributed by atoms with van der Waals surface area (Å²) < 4.78 is 24.4. The quantitative estimate of drug-likeness (QED) is 0.793. The van der Waals surface area contributed by atoms with Crippen molar-refractivity contribution in [3.05, 3.63) is 59.9 Å². The Kier molecular flexibility index (Phi) is 3.87. The summed E-state index contributed by atoms with van der Waals surface area (Å²) in [5.74, 6) is 0.970. The number of furan rings is 1. The van der Waals surface area contributed by atoms with Gasteiger partial charge in [-0.3, -0.25) is 4.90 Å². The van der Waals surface area contributed by atoms with Gasteiger partial charge in [0.15, 0.2) is 5.76 Å². The molecule has 0 aliphatic carbocycles. The van der Waals surface area contributed by atoms with Crippen LogP contribution in [0.4, 0.5) is 4.39 Å². The number of rotatable bonds is 4. The van der Waals surface area contributed by atoms with Crippen molar-refractivity contribution in [2.45, 2.75) is 25.1 Å². The lowest BCUT2D eigenvalue weighted by Gasteiger charge is -2.22. The van der Waals surface area contributed by atoms with Crippen LogP contribution in [0.15, 0.2) is 51.5 Å². The molecule has 2 aromatic heterocycles. The van der Waals surface area contributed by atoms with Crippen molar-refractivity contribution in [3.8, 4) is 11.7 Å². The Labute approximate surface area is 137 Å². The Balaban J connectivity index is 1.54. The van der Waals surface area contributed by atoms with E-state index in [9.17, 15) is 9.50 Å². The normalized spacial score (nSPS) is 21.4. The number of aliphatic hydroxyl groups is 1. The number of likely N-dealkylation sites (tertiary alicyclic amines) is 1. The predicted molar refractivity (Wildman–Crippen MR) is 82.2 cm³/mol. The topological polar surface area (TPSA) is 75.5 Å². The van der Waals surface area contributed by atoms with E-state index in [1.54, 1.807) is 18.2 Å². The Hall–Kier alpha value is -2.51. The number of β-amino-alcohol motifs (C(OH)–C–C–N with tert-alkyl or cyclic N) is 1. The van der Waals surface area contributed by atoms with Crippen LogP contribution < -0.4 is 0 Å². The maximum Gasteiger partial charge on any atom is 0.283 e. The van der Waals surface area contributed by atoms with Crippen LogP contribution in [-0.2, 0) is 6.54 Å². The lowest BCUT2D eigenvalue weighted by atomic mass is 10.0. The van der Waals surface area contributed by atoms with Gasteiger partial charge < -0.3 is 13.9 Å². The van der Waals surface area contributed by atoms with Crippen molar-refractivity contribution in [1.29, 1.82) is 0 Å². The number of aliphatic hydroxyl groups excluding tert-OH is 1. The summed E-state index contributed by atoms with van der Waals surface area (Å²) in [7, 11) is 0. The molecular formula is C17H16FN3O3. The first-order chi connectivity index (χ1) is 11.7. The van der Waals surface area contributed by atoms with E-state index in [0.717, 1.165) is 5.56 Å². The second-order valence-corrected chi connectivity index (χ2v) is 5.87. The summed E-state index contributed by atoms with van der Waals surface area (Å²) in [6.07, 6.45) is 1.62. The van der Waals surface area contributed by atoms with E-state index in [0.29, 0.717) is 37.1 Å². The third kappa shape index (κ3) is 2.95. The van der Waals surface area contributed by atoms with Crippen molar-refractivity contribution in [1.82, 2.24) is 15.1 Å². The molecule has 24 heavy (non-hydrogen) atoms. The van der Waals surface area contributed by atoms with E-state index in [1.165, 1.54) is 18.4 Å². The fourth-order valence-electron chi connectivity index (χ4n) is 3.11. The van der Waals surface area contributed by atoms with Crippen LogP contribution >= 0.6 is 0 Å². The average molecular weight is 329 g/mol. The van der Waals surface area contributed by atoms with E-state index in [1.807, 2.05) is 11.0 Å². The summed E-state index contributed by atoms with van der Waals surface area (Å²) in [5, 5.41) is 18.0. The Morgan fingerprint density at radius 2 is 2.17 bits per heavy atom. The summed E-state index contributed by atoms with van der Waals surface area (Å²) in [6, 6.07) is 9.85. The standard InChI is InChI=1S/C17H16FN3O3/c18-12-4-1-3-11(7-12)14-8-13(22)9-21(14)10-16-19-20-17(24-16)15-5-2-6-23-15/h1-7,13-14,22H,8-10H2/t13-,14-/m0/s1. The Bertz CT molecular complexity index is 818. The highest BCUT2D eigenvalue weighted by Gasteiger charge is 2.33. The molecule has 1 fully saturated rings. The molecule has 2 atom stereocenters. The molecule has 1 N–H and O–H groups in total. The van der Waals surface area contributed by atoms with Gasteiger partial charge in [-0.1, -0.05) is 12.1 Å². The molecule has 1 aliphatic rings. The first-order valence-corrected chi connectivity index (χ1v) is 7.73. The fraction of sp³-hybridized carbons (Fsp3) is 0.294. The number of hydrogen-bond donors (Lipinski definition) is 1. The lowest BCUT2D eigenvalue weighted by molar-refractivity contribution is 0.167. The fourth-order valence-corrected chi connectivity index (χ4v) is 3.11. The van der Waals surface area contributed by atoms with E-state index >= 15 is 0 Å². The van der Waals surface area contributed by atoms with Gasteiger partial charge in [0.25, 0.3) is 5.89 Å². The van der Waals surface area contributed by atoms with Crippen LogP contribution in [0.25, 0.3) is 11.7 Å². The first-order valence-electron chi connectivity index (χ1n) is 7.73. The van der Waals surface area contributed by atoms with Gasteiger partial charge in [-0.2, -0.15) is 0 Å². The molecule has 1 aromatic carbocycles. The van der Waals surface area contributed by atoms with Crippen molar-refractivity contribution in [3.63, 3.8) is 0 Å². The molecule has 124 valence electrons. The summed E-state index contributed by atoms with van der Waals surface area (Å²) in [4.78, 5) is 2.01. The molecule has 3 heterocycles. The van der Waals surface area contributed by atoms with E-state index in [4.69, 9.17) is 8.83 Å². The van der Waals surface area contributed by atoms with Gasteiger partial charge in [0.05, 0.1) is 18.9 Å². The van der Waals surface area contributed by atoms with Crippen LogP contribution in [0.1, 0.15) is 23.9 Å². The second kappa shape index (κ2) is 6.18. The monoisotopic (exact) mass is 329 g/mol. The highest BCUT2D eigenvalue weighted by molar-refractivity contribution is 5.42. The molecule has 6 nitrogen and oxygen atoms in total. The highest BCUT2D eigenvalue weighted by Crippen LogP contribution is 2.33. The average Bonchev–Trinajstić information content (AvgIpc) is 3.28. The molecule has 0 radical (unpaired) electrons. The number of benzene rings is 1. The third-order valence-electron chi connectivity index (χ3n) is 4.15. The molecule has 4 rings (SSSR count). The van der Waals surface area contributed by atoms with Gasteiger partial charge in [-0.15, -0.1) is 10.2 Å². The van der Waals surface area contributed by atoms with Crippen molar-refractivity contribution in [2.24, 2.45) is 0 Å². The molecule has 0 saturated carbocycles. The summed E-state index contributed by atoms with van der Waals surface area (Å²) in [6.45, 7) is 0.853. The zero-order chi connectivity index (χ0) is 16.5. The van der Waals surface area contributed by atoms with Crippen LogP contribution in [0.2, 0.25) is 0 Å². The molecule has 0 bridgehead atoms. The van der Waals surface area contributed by atoms with Gasteiger partial charge >= 0.3 is 0 Å². The number of nitrogens with zero attached hydrogens (tertiary/aromatic N) is 3. The number of halogens is 1. The minimum absolute atomic E-state index is 0.0883. The minimum Gasteiger partial charge on any atom is -0.459 e. The molecule has 0 unspecified atom stereocenters. The maximum absolute atomic E-state index is 13.5. The number of hydrogen-bond acceptors (Lipinski definition) is 6. The highest BCUT2D eigenvalue weighted by atomic mass is 19.1. The van der Waals surface area contributed by atoms with Gasteiger partial charge in [0.2, 0.25) is 5.89 Å². The molecule has 0 spiro atoms. The van der Waals surface area contributed by atoms with Crippen molar-refractivity contribution >= 4 is 0 Å². The number of aromatic nitrogens is 2. The predicted octanol–water partition coefficient (Wildman–Crippen LogP) is 2.78. The van der Waals surface area contributed by atoms with E-state index in [-0.39, 0.29) is 11.9 Å².